The van der Waals surface area contributed by atoms with Crippen molar-refractivity contribution in [1.29, 1.82) is 0 Å². The molecule has 1 aromatic rings. The number of hydrogen-bond acceptors (Lipinski definition) is 4. The molecule has 0 unspecified atom stereocenters. The van der Waals surface area contributed by atoms with Crippen molar-refractivity contribution in [3.8, 4) is 0 Å². The van der Waals surface area contributed by atoms with Crippen LogP contribution in [0.1, 0.15) is 29.3 Å². The third-order valence-corrected chi connectivity index (χ3v) is 1.95. The largest absolute Gasteiger partial charge is 1.00 e. The fraction of sp³-hybridized carbons (Fsp3) is 0.571. The van der Waals surface area contributed by atoms with Crippen LogP contribution in [0.4, 0.5) is 0 Å². The molecule has 0 bridgehead atoms. The van der Waals surface area contributed by atoms with Crippen LogP contribution in [0.25, 0.3) is 0 Å². The van der Waals surface area contributed by atoms with E-state index >= 15 is 0 Å². The summed E-state index contributed by atoms with van der Waals surface area (Å²) in [5.74, 6) is -0.718. The quantitative estimate of drug-likeness (QED) is 0.405. The smallest absolute Gasteiger partial charge is 0.541 e. The maximum Gasteiger partial charge on any atom is 1.00 e. The first-order valence-electron chi connectivity index (χ1n) is 3.92. The molecular formula is C7H8LiN3O2. The summed E-state index contributed by atoms with van der Waals surface area (Å²) in [5.41, 5.74) is 0. The van der Waals surface area contributed by atoms with Gasteiger partial charge < -0.3 is 9.90 Å². The number of carboxylic acid groups (broad SMARTS) is 1. The number of carbonyl (C=O) groups excluding carboxylic acids is 1. The number of rotatable bonds is 1. The van der Waals surface area contributed by atoms with Gasteiger partial charge in [0, 0.05) is 13.0 Å². The number of hydrogen-bond donors (Lipinski definition) is 0. The molecule has 0 radical (unpaired) electrons. The Morgan fingerprint density at radius 3 is 2.85 bits per heavy atom. The molecule has 0 saturated carbocycles. The van der Waals surface area contributed by atoms with Gasteiger partial charge in [-0.05, 0) is 12.8 Å². The molecule has 0 saturated heterocycles. The Morgan fingerprint density at radius 1 is 1.46 bits per heavy atom. The van der Waals surface area contributed by atoms with Gasteiger partial charge in [-0.25, -0.2) is 9.67 Å². The minimum absolute atomic E-state index is 0. The fourth-order valence-corrected chi connectivity index (χ4v) is 1.37. The Labute approximate surface area is 87.3 Å². The molecule has 0 fully saturated rings. The number of aromatic carboxylic acids is 1. The molecule has 6 heteroatoms. The first kappa shape index (κ1) is 10.3. The van der Waals surface area contributed by atoms with E-state index < -0.39 is 5.97 Å². The minimum Gasteiger partial charge on any atom is -0.541 e. The van der Waals surface area contributed by atoms with Crippen LogP contribution in [0.3, 0.4) is 0 Å². The number of aryl methyl sites for hydroxylation is 2. The van der Waals surface area contributed by atoms with Gasteiger partial charge in [-0.3, -0.25) is 0 Å². The molecule has 1 aromatic heterocycles. The third kappa shape index (κ3) is 1.93. The predicted molar refractivity (Wildman–Crippen MR) is 37.3 cm³/mol. The van der Waals surface area contributed by atoms with E-state index in [1.807, 2.05) is 0 Å². The van der Waals surface area contributed by atoms with Crippen LogP contribution in [0.15, 0.2) is 0 Å². The number of nitrogens with zero attached hydrogens (tertiary/aromatic N) is 3. The molecule has 64 valence electrons. The van der Waals surface area contributed by atoms with Gasteiger partial charge in [0.15, 0.2) is 5.82 Å². The summed E-state index contributed by atoms with van der Waals surface area (Å²) in [7, 11) is 0. The summed E-state index contributed by atoms with van der Waals surface area (Å²) in [4.78, 5) is 14.2. The molecule has 0 N–H and O–H groups in total. The first-order valence-corrected chi connectivity index (χ1v) is 3.92. The van der Waals surface area contributed by atoms with Crippen LogP contribution < -0.4 is 24.0 Å². The Bertz CT molecular complexity index is 300. The number of carbonyl (C=O) groups is 1. The Morgan fingerprint density at radius 2 is 2.23 bits per heavy atom. The van der Waals surface area contributed by atoms with Crippen LogP contribution in [-0.2, 0) is 13.0 Å². The molecule has 2 rings (SSSR count). The molecule has 1 aliphatic heterocycles. The van der Waals surface area contributed by atoms with Crippen molar-refractivity contribution in [1.82, 2.24) is 14.8 Å². The van der Waals surface area contributed by atoms with Gasteiger partial charge >= 0.3 is 18.9 Å². The van der Waals surface area contributed by atoms with Crippen molar-refractivity contribution in [2.45, 2.75) is 25.8 Å². The molecule has 0 atom stereocenters. The molecule has 0 aliphatic carbocycles. The van der Waals surface area contributed by atoms with Crippen molar-refractivity contribution in [2.75, 3.05) is 0 Å². The van der Waals surface area contributed by atoms with Gasteiger partial charge in [0.05, 0.1) is 0 Å². The second-order valence-corrected chi connectivity index (χ2v) is 2.82. The van der Waals surface area contributed by atoms with Crippen molar-refractivity contribution in [3.05, 3.63) is 11.6 Å². The van der Waals surface area contributed by atoms with Crippen LogP contribution in [-0.4, -0.2) is 20.7 Å². The summed E-state index contributed by atoms with van der Waals surface area (Å²) < 4.78 is 1.65. The Balaban J connectivity index is 0.000000845. The molecule has 13 heavy (non-hydrogen) atoms. The van der Waals surface area contributed by atoms with E-state index in [1.54, 1.807) is 4.68 Å². The minimum atomic E-state index is -1.29. The first-order chi connectivity index (χ1) is 5.77. The predicted octanol–water partition coefficient (Wildman–Crippen LogP) is -4.02. The van der Waals surface area contributed by atoms with E-state index in [9.17, 15) is 9.90 Å². The van der Waals surface area contributed by atoms with Gasteiger partial charge in [-0.2, -0.15) is 0 Å². The molecule has 0 aromatic carbocycles. The fourth-order valence-electron chi connectivity index (χ4n) is 1.37. The van der Waals surface area contributed by atoms with E-state index in [1.165, 1.54) is 0 Å². The molecule has 2 heterocycles. The number of aromatic nitrogens is 3. The van der Waals surface area contributed by atoms with Crippen molar-refractivity contribution >= 4 is 5.97 Å². The van der Waals surface area contributed by atoms with Crippen LogP contribution >= 0.6 is 0 Å². The molecule has 5 nitrogen and oxygen atoms in total. The van der Waals surface area contributed by atoms with Gasteiger partial charge in [0.2, 0.25) is 0 Å². The van der Waals surface area contributed by atoms with E-state index in [-0.39, 0.29) is 24.7 Å². The second kappa shape index (κ2) is 3.94. The summed E-state index contributed by atoms with van der Waals surface area (Å²) in [6, 6.07) is 0. The zero-order valence-electron chi connectivity index (χ0n) is 7.49. The maximum atomic E-state index is 10.4. The van der Waals surface area contributed by atoms with Gasteiger partial charge in [-0.15, -0.1) is 5.10 Å². The monoisotopic (exact) mass is 173 g/mol. The van der Waals surface area contributed by atoms with E-state index in [4.69, 9.17) is 0 Å². The number of carboxylic acids is 1. The molecular weight excluding hydrogens is 165 g/mol. The summed E-state index contributed by atoms with van der Waals surface area (Å²) in [5, 5.41) is 14.2. The summed E-state index contributed by atoms with van der Waals surface area (Å²) in [6.07, 6.45) is 2.92. The van der Waals surface area contributed by atoms with Crippen LogP contribution in [0.5, 0.6) is 0 Å². The van der Waals surface area contributed by atoms with Crippen LogP contribution in [0.2, 0.25) is 0 Å². The normalized spacial score (nSPS) is 14.5. The van der Waals surface area contributed by atoms with Gasteiger partial charge in [0.25, 0.3) is 0 Å². The summed E-state index contributed by atoms with van der Waals surface area (Å²) >= 11 is 0. The van der Waals surface area contributed by atoms with Crippen LogP contribution in [0, 0.1) is 0 Å². The van der Waals surface area contributed by atoms with Crippen molar-refractivity contribution in [3.63, 3.8) is 0 Å². The number of fused-ring (bicyclic) bond motifs is 1. The van der Waals surface area contributed by atoms with Gasteiger partial charge in [0.1, 0.15) is 11.8 Å². The van der Waals surface area contributed by atoms with Crippen molar-refractivity contribution in [2.24, 2.45) is 0 Å². The second-order valence-electron chi connectivity index (χ2n) is 2.82. The average Bonchev–Trinajstić information content (AvgIpc) is 2.46. The molecule has 1 aliphatic rings. The van der Waals surface area contributed by atoms with E-state index in [0.29, 0.717) is 0 Å². The topological polar surface area (TPSA) is 70.8 Å². The SMILES string of the molecule is O=C([O-])c1nc2n(n1)CCCC2.[Li+]. The zero-order valence-corrected chi connectivity index (χ0v) is 7.49. The average molecular weight is 173 g/mol. The molecule has 0 spiro atoms. The van der Waals surface area contributed by atoms with Crippen molar-refractivity contribution < 1.29 is 28.8 Å². The van der Waals surface area contributed by atoms with Gasteiger partial charge in [-0.1, -0.05) is 0 Å². The summed E-state index contributed by atoms with van der Waals surface area (Å²) in [6.45, 7) is 0.773. The Hall–Kier alpha value is -0.793. The Kier molecular flexibility index (Phi) is 3.12. The standard InChI is InChI=1S/C7H9N3O2.Li/c11-7(12)6-8-5-3-1-2-4-10(5)9-6;/h1-4H2,(H,11,12);/q;+1/p-1. The zero-order chi connectivity index (χ0) is 8.55. The third-order valence-electron chi connectivity index (χ3n) is 1.95. The molecule has 0 amide bonds. The van der Waals surface area contributed by atoms with E-state index in [0.717, 1.165) is 31.6 Å². The maximum absolute atomic E-state index is 10.4. The van der Waals surface area contributed by atoms with E-state index in [2.05, 4.69) is 10.1 Å².